The number of ether oxygens (including phenoxy) is 1. The third-order valence-corrected chi connectivity index (χ3v) is 8.15. The first kappa shape index (κ1) is 37.2. The Morgan fingerprint density at radius 3 is 1.84 bits per heavy atom. The molecule has 0 spiro atoms. The number of aryl methyl sites for hydroxylation is 2. The molecule has 0 aliphatic carbocycles. The van der Waals surface area contributed by atoms with E-state index < -0.39 is 17.7 Å². The molecule has 3 amide bonds. The van der Waals surface area contributed by atoms with Crippen molar-refractivity contribution in [1.82, 2.24) is 40.0 Å². The van der Waals surface area contributed by atoms with Gasteiger partial charge in [0.2, 0.25) is 11.8 Å². The van der Waals surface area contributed by atoms with Gasteiger partial charge < -0.3 is 45.4 Å². The van der Waals surface area contributed by atoms with Crippen LogP contribution in [0.15, 0.2) is 73.6 Å². The Morgan fingerprint density at radius 2 is 1.35 bits per heavy atom. The quantitative estimate of drug-likeness (QED) is 0.186. The predicted molar refractivity (Wildman–Crippen MR) is 197 cm³/mol. The van der Waals surface area contributed by atoms with Crippen LogP contribution in [0.4, 0.5) is 16.2 Å². The molecule has 6 rings (SSSR count). The lowest BCUT2D eigenvalue weighted by atomic mass is 10.1. The highest BCUT2D eigenvalue weighted by Crippen LogP contribution is 2.16. The number of aromatic nitrogens is 4. The van der Waals surface area contributed by atoms with Crippen LogP contribution in [0.3, 0.4) is 0 Å². The molecule has 2 unspecified atom stereocenters. The van der Waals surface area contributed by atoms with Crippen molar-refractivity contribution in [3.8, 4) is 0 Å². The summed E-state index contributed by atoms with van der Waals surface area (Å²) in [4.78, 5) is 47.3. The van der Waals surface area contributed by atoms with Crippen LogP contribution < -0.4 is 26.6 Å². The topological polar surface area (TPSA) is 159 Å². The molecule has 0 saturated carbocycles. The second kappa shape index (κ2) is 17.2. The Balaban J connectivity index is 0.000000205. The molecule has 51 heavy (non-hydrogen) atoms. The summed E-state index contributed by atoms with van der Waals surface area (Å²) in [5.41, 5.74) is 5.14. The molecule has 4 heterocycles. The van der Waals surface area contributed by atoms with Crippen LogP contribution in [0.25, 0.3) is 0 Å². The molecule has 272 valence electrons. The number of nitrogens with one attached hydrogen (secondary N) is 5. The van der Waals surface area contributed by atoms with E-state index in [1.54, 1.807) is 11.2 Å². The summed E-state index contributed by atoms with van der Waals surface area (Å²) in [5, 5.41) is 15.5. The number of carbonyl (C=O) groups is 3. The summed E-state index contributed by atoms with van der Waals surface area (Å²) >= 11 is 0. The Kier molecular flexibility index (Phi) is 12.6. The van der Waals surface area contributed by atoms with Crippen LogP contribution in [0, 0.1) is 13.8 Å². The number of imidazole rings is 2. The largest absolute Gasteiger partial charge is 0.444 e. The average Bonchev–Trinajstić information content (AvgIpc) is 3.71. The van der Waals surface area contributed by atoms with E-state index in [1.807, 2.05) is 111 Å². The molecule has 14 nitrogen and oxygen atoms in total. The number of hydrogen-bond donors (Lipinski definition) is 5. The maximum absolute atomic E-state index is 12.7. The van der Waals surface area contributed by atoms with Crippen molar-refractivity contribution in [1.29, 1.82) is 0 Å². The summed E-state index contributed by atoms with van der Waals surface area (Å²) in [6, 6.07) is 15.0. The number of nitrogens with zero attached hydrogens (tertiary/aromatic N) is 5. The zero-order valence-corrected chi connectivity index (χ0v) is 30.1. The molecule has 2 aromatic heterocycles. The molecule has 2 aliphatic rings. The van der Waals surface area contributed by atoms with Gasteiger partial charge in [-0.2, -0.15) is 0 Å². The van der Waals surface area contributed by atoms with Gasteiger partial charge in [0.1, 0.15) is 11.6 Å². The molecule has 2 atom stereocenters. The number of anilines is 2. The highest BCUT2D eigenvalue weighted by molar-refractivity contribution is 5.96. The fourth-order valence-electron chi connectivity index (χ4n) is 5.75. The Bertz CT molecular complexity index is 1770. The van der Waals surface area contributed by atoms with Gasteiger partial charge in [0, 0.05) is 76.1 Å². The van der Waals surface area contributed by atoms with Crippen LogP contribution in [0.2, 0.25) is 0 Å². The molecular weight excluding hydrogens is 648 g/mol. The second-order valence-corrected chi connectivity index (χ2v) is 13.9. The smallest absolute Gasteiger partial charge is 0.410 e. The first-order valence-corrected chi connectivity index (χ1v) is 17.3. The maximum atomic E-state index is 12.7. The number of piperazine rings is 2. The SMILES string of the molecule is Cc1cn(Cc2cccc(NC(=O)C3CN(C(=O)OC(C)(C)C)CCN3)c2)cn1.Cc1cn(Cc2cccc(NC(=O)C3CNCCN3)c2)cn1. The molecule has 5 N–H and O–H groups in total. The zero-order chi connectivity index (χ0) is 36.4. The predicted octanol–water partition coefficient (Wildman–Crippen LogP) is 3.13. The van der Waals surface area contributed by atoms with Crippen molar-refractivity contribution >= 4 is 29.3 Å². The number of benzene rings is 2. The molecule has 2 fully saturated rings. The van der Waals surface area contributed by atoms with Crippen molar-refractivity contribution < 1.29 is 19.1 Å². The number of carbonyl (C=O) groups excluding carboxylic acids is 3. The molecule has 2 aromatic carbocycles. The van der Waals surface area contributed by atoms with Crippen molar-refractivity contribution in [2.45, 2.75) is 65.4 Å². The van der Waals surface area contributed by atoms with Crippen molar-refractivity contribution in [2.75, 3.05) is 49.9 Å². The Morgan fingerprint density at radius 1 is 0.804 bits per heavy atom. The maximum Gasteiger partial charge on any atom is 0.410 e. The van der Waals surface area contributed by atoms with Gasteiger partial charge in [0.05, 0.1) is 30.1 Å². The molecule has 2 aliphatic heterocycles. The molecule has 0 bridgehead atoms. The number of amides is 3. The minimum Gasteiger partial charge on any atom is -0.444 e. The third kappa shape index (κ3) is 11.8. The standard InChI is InChI=1S/C21H29N5O3.C16H21N5O/c1-15-11-25(14-23-15)12-16-6-5-7-17(10-16)24-19(27)18-13-26(9-8-22-18)20(28)29-21(2,3)4;1-12-9-21(11-19-12)10-13-3-2-4-14(7-13)20-16(22)15-8-17-5-6-18-15/h5-7,10-11,14,18,22H,8-9,12-13H2,1-4H3,(H,24,27);2-4,7,9,11,15,17-18H,5-6,8,10H2,1H3,(H,20,22). The molecule has 0 radical (unpaired) electrons. The van der Waals surface area contributed by atoms with Gasteiger partial charge in [-0.1, -0.05) is 24.3 Å². The van der Waals surface area contributed by atoms with E-state index in [1.165, 1.54) is 0 Å². The number of rotatable bonds is 8. The summed E-state index contributed by atoms with van der Waals surface area (Å²) in [6.45, 7) is 14.5. The molecule has 2 saturated heterocycles. The zero-order valence-electron chi connectivity index (χ0n) is 30.1. The van der Waals surface area contributed by atoms with Gasteiger partial charge >= 0.3 is 6.09 Å². The van der Waals surface area contributed by atoms with E-state index in [9.17, 15) is 14.4 Å². The van der Waals surface area contributed by atoms with Gasteiger partial charge in [-0.15, -0.1) is 0 Å². The average molecular weight is 699 g/mol. The monoisotopic (exact) mass is 698 g/mol. The van der Waals surface area contributed by atoms with Gasteiger partial charge in [-0.25, -0.2) is 14.8 Å². The van der Waals surface area contributed by atoms with Gasteiger partial charge in [0.25, 0.3) is 0 Å². The summed E-state index contributed by atoms with van der Waals surface area (Å²) in [6.07, 6.45) is 7.19. The first-order valence-electron chi connectivity index (χ1n) is 17.3. The normalized spacial score (nSPS) is 17.5. The van der Waals surface area contributed by atoms with Crippen LogP contribution >= 0.6 is 0 Å². The highest BCUT2D eigenvalue weighted by Gasteiger charge is 2.31. The van der Waals surface area contributed by atoms with E-state index in [2.05, 4.69) is 36.6 Å². The van der Waals surface area contributed by atoms with Gasteiger partial charge in [0.15, 0.2) is 0 Å². The third-order valence-electron chi connectivity index (χ3n) is 8.15. The Labute approximate surface area is 299 Å². The van der Waals surface area contributed by atoms with Crippen molar-refractivity contribution in [3.63, 3.8) is 0 Å². The minimum absolute atomic E-state index is 0.00262. The second-order valence-electron chi connectivity index (χ2n) is 13.9. The van der Waals surface area contributed by atoms with Gasteiger partial charge in [-0.3, -0.25) is 9.59 Å². The summed E-state index contributed by atoms with van der Waals surface area (Å²) in [7, 11) is 0. The summed E-state index contributed by atoms with van der Waals surface area (Å²) in [5.74, 6) is -0.170. The first-order chi connectivity index (χ1) is 24.4. The fraction of sp³-hybridized carbons (Fsp3) is 0.432. The van der Waals surface area contributed by atoms with E-state index in [0.29, 0.717) is 26.2 Å². The molecule has 14 heteroatoms. The molecular formula is C37H50N10O4. The molecule has 4 aromatic rings. The van der Waals surface area contributed by atoms with E-state index in [4.69, 9.17) is 4.74 Å². The highest BCUT2D eigenvalue weighted by atomic mass is 16.6. The van der Waals surface area contributed by atoms with Crippen LogP contribution in [0.5, 0.6) is 0 Å². The fourth-order valence-corrected chi connectivity index (χ4v) is 5.75. The number of hydrogen-bond acceptors (Lipinski definition) is 9. The van der Waals surface area contributed by atoms with Crippen molar-refractivity contribution in [2.24, 2.45) is 0 Å². The van der Waals surface area contributed by atoms with E-state index >= 15 is 0 Å². The Hall–Kier alpha value is -5.05. The minimum atomic E-state index is -0.562. The van der Waals surface area contributed by atoms with Gasteiger partial charge in [-0.05, 0) is 70.0 Å². The van der Waals surface area contributed by atoms with Crippen LogP contribution in [-0.2, 0) is 27.4 Å². The lowest BCUT2D eigenvalue weighted by molar-refractivity contribution is -0.119. The lowest BCUT2D eigenvalue weighted by Gasteiger charge is -2.34. The lowest BCUT2D eigenvalue weighted by Crippen LogP contribution is -2.57. The van der Waals surface area contributed by atoms with Crippen LogP contribution in [-0.4, -0.2) is 98.9 Å². The van der Waals surface area contributed by atoms with E-state index in [-0.39, 0.29) is 24.4 Å². The van der Waals surface area contributed by atoms with Crippen molar-refractivity contribution in [3.05, 3.63) is 96.1 Å². The van der Waals surface area contributed by atoms with E-state index in [0.717, 1.165) is 53.5 Å². The summed E-state index contributed by atoms with van der Waals surface area (Å²) < 4.78 is 9.45. The van der Waals surface area contributed by atoms with Crippen LogP contribution in [0.1, 0.15) is 43.3 Å².